The molecule has 2 aromatic rings. The fourth-order valence-corrected chi connectivity index (χ4v) is 12.9. The van der Waals surface area contributed by atoms with Gasteiger partial charge in [-0.1, -0.05) is 117 Å². The number of hydrogen-bond donors (Lipinski definition) is 9. The van der Waals surface area contributed by atoms with Crippen molar-refractivity contribution in [3.8, 4) is 0 Å². The number of carboxylic acid groups (broad SMARTS) is 1. The number of carbonyl (C=O) groups is 11. The molecule has 2 aromatic carbocycles. The molecule has 4 rings (SSSR count). The Morgan fingerprint density at radius 1 is 0.704 bits per heavy atom. The fraction of sp³-hybridized carbons (Fsp3) is 0.648. The fourth-order valence-electron chi connectivity index (χ4n) is 12.9. The van der Waals surface area contributed by atoms with Gasteiger partial charge < -0.3 is 66.9 Å². The number of methoxy groups -OCH3 is 2. The van der Waals surface area contributed by atoms with Crippen LogP contribution >= 0.6 is 0 Å². The summed E-state index contributed by atoms with van der Waals surface area (Å²) < 4.78 is 12.2. The van der Waals surface area contributed by atoms with Crippen LogP contribution in [0, 0.1) is 35.5 Å². The second kappa shape index (κ2) is 41.4. The average molecular weight is 1370 g/mol. The van der Waals surface area contributed by atoms with Crippen LogP contribution < -0.4 is 43.1 Å². The van der Waals surface area contributed by atoms with Gasteiger partial charge in [-0.3, -0.25) is 57.7 Å². The molecule has 0 spiro atoms. The molecule has 0 aromatic heterocycles. The van der Waals surface area contributed by atoms with Crippen molar-refractivity contribution < 1.29 is 72.2 Å². The van der Waals surface area contributed by atoms with Crippen molar-refractivity contribution in [2.24, 2.45) is 41.2 Å². The number of nitrogens with two attached hydrogens (primary N) is 1. The minimum Gasteiger partial charge on any atom is -0.481 e. The van der Waals surface area contributed by atoms with E-state index in [0.717, 1.165) is 5.56 Å². The largest absolute Gasteiger partial charge is 0.481 e. The maximum absolute atomic E-state index is 14.6. The molecule has 2 heterocycles. The van der Waals surface area contributed by atoms with Crippen molar-refractivity contribution in [1.29, 1.82) is 0 Å². The van der Waals surface area contributed by atoms with E-state index in [-0.39, 0.29) is 99.0 Å². The molecule has 546 valence electrons. The first kappa shape index (κ1) is 82.4. The molecule has 0 saturated carbocycles. The summed E-state index contributed by atoms with van der Waals surface area (Å²) in [5.41, 5.74) is 9.52. The third-order valence-corrected chi connectivity index (χ3v) is 18.5. The Balaban J connectivity index is 1.37. The minimum atomic E-state index is -1.11. The number of likely N-dealkylation sites (tertiary alicyclic amines) is 2. The number of nitrogens with one attached hydrogen (secondary N) is 7. The smallest absolute Gasteiger partial charge is 0.312 e. The lowest BCUT2D eigenvalue weighted by Gasteiger charge is -2.41. The monoisotopic (exact) mass is 1370 g/mol. The molecule has 0 aliphatic carbocycles. The number of primary amides is 1. The molecule has 2 fully saturated rings. The number of rotatable bonds is 40. The highest BCUT2D eigenvalue weighted by Crippen LogP contribution is 2.30. The van der Waals surface area contributed by atoms with Crippen LogP contribution in [0.2, 0.25) is 0 Å². The van der Waals surface area contributed by atoms with Gasteiger partial charge in [0.05, 0.1) is 61.2 Å². The van der Waals surface area contributed by atoms with Crippen molar-refractivity contribution in [3.63, 3.8) is 0 Å². The number of amides is 11. The third kappa shape index (κ3) is 26.0. The summed E-state index contributed by atoms with van der Waals surface area (Å²) in [7, 11) is 8.42. The van der Waals surface area contributed by atoms with Gasteiger partial charge in [0.2, 0.25) is 47.3 Å². The number of benzene rings is 2. The van der Waals surface area contributed by atoms with Crippen LogP contribution in [0.5, 0.6) is 0 Å². The molecule has 0 radical (unpaired) electrons. The Morgan fingerprint density at radius 2 is 1.36 bits per heavy atom. The predicted octanol–water partition coefficient (Wildman–Crippen LogP) is 4.67. The van der Waals surface area contributed by atoms with E-state index < -0.39 is 108 Å². The van der Waals surface area contributed by atoms with Gasteiger partial charge in [0.1, 0.15) is 18.1 Å². The van der Waals surface area contributed by atoms with E-state index >= 15 is 0 Å². The third-order valence-electron chi connectivity index (χ3n) is 18.5. The number of aliphatic carboxylic acids is 1. The first-order chi connectivity index (χ1) is 46.4. The predicted molar refractivity (Wildman–Crippen MR) is 371 cm³/mol. The zero-order valence-electron chi connectivity index (χ0n) is 60.1. The van der Waals surface area contributed by atoms with Gasteiger partial charge in [0.25, 0.3) is 5.91 Å². The van der Waals surface area contributed by atoms with Gasteiger partial charge in [0.15, 0.2) is 0 Å². The second-order valence-electron chi connectivity index (χ2n) is 27.2. The SMILES string of the molecule is CC[C@H](C)[C@@H]([C@@H](CC(=O)N1CCC[C@H]1[C@H](OC)[C@@H](C)C(=O)N[C@H](/C=C/C(=O)NOCc1ccc(NC(=O)[C@@H](CCCNC(N)=O)NC(=O)[C@H](NC(=O)CCCC(=O)N2CCC(C(=O)O)CC2)C(C)C)cc1)Cc1ccccc1)OC)N(C)C(=O)[C@@H](NC(=O)[C@H](C(C)C)N(C)C)C(C)C. The summed E-state index contributed by atoms with van der Waals surface area (Å²) in [6.07, 6.45) is 4.92. The van der Waals surface area contributed by atoms with E-state index in [9.17, 15) is 57.8 Å². The van der Waals surface area contributed by atoms with Gasteiger partial charge in [-0.15, -0.1) is 0 Å². The lowest BCUT2D eigenvalue weighted by molar-refractivity contribution is -0.148. The second-order valence-corrected chi connectivity index (χ2v) is 27.2. The zero-order valence-corrected chi connectivity index (χ0v) is 60.1. The molecule has 10 N–H and O–H groups in total. The molecular weight excluding hydrogens is 1260 g/mol. The van der Waals surface area contributed by atoms with Crippen molar-refractivity contribution in [1.82, 2.24) is 51.7 Å². The number of likely N-dealkylation sites (N-methyl/N-ethyl adjacent to an activating group) is 2. The van der Waals surface area contributed by atoms with Crippen molar-refractivity contribution in [2.75, 3.05) is 66.9 Å². The highest BCUT2D eigenvalue weighted by molar-refractivity contribution is 5.98. The highest BCUT2D eigenvalue weighted by Gasteiger charge is 2.44. The molecule has 0 bridgehead atoms. The number of carbonyl (C=O) groups excluding carboxylic acids is 10. The lowest BCUT2D eigenvalue weighted by atomic mass is 9.89. The number of ether oxygens (including phenoxy) is 2. The molecular formula is C71H112N12O15. The van der Waals surface area contributed by atoms with E-state index in [4.69, 9.17) is 20.0 Å². The standard InChI is InChI=1S/C71H112N12O15/c1-15-46(8)63(81(12)69(92)61(44(4)5)78-68(91)62(45(6)7)80(10)11)55(96-13)41-59(87)83-37-21-25-54(83)64(97-14)47(9)65(88)75-52(40-48-22-17-16-18-23-48)32-33-57(85)79-98-42-49-28-30-51(31-29-49)74-66(89)53(24-20-36-73-71(72)95)76-67(90)60(43(2)3)77-56(84)26-19-27-58(86)82-38-34-50(35-39-82)70(93)94/h16-18,22-23,28-33,43-47,50,52-55,60-64H,15,19-21,24-27,34-42H2,1-14H3,(H,74,89)(H,75,88)(H,76,90)(H,77,84)(H,78,91)(H,79,85)(H,93,94)(H3,72,73,95)/b33-32+/t46-,47+,52+,53+,54-,55+,60+,61-,62-,63-,64+/m0/s1. The first-order valence-corrected chi connectivity index (χ1v) is 34.5. The number of anilines is 1. The van der Waals surface area contributed by atoms with Gasteiger partial charge in [0, 0.05) is 72.1 Å². The zero-order chi connectivity index (χ0) is 72.9. The average Bonchev–Trinajstić information content (AvgIpc) is 1.47. The highest BCUT2D eigenvalue weighted by atomic mass is 16.6. The van der Waals surface area contributed by atoms with Gasteiger partial charge >= 0.3 is 12.0 Å². The Bertz CT molecular complexity index is 2950. The van der Waals surface area contributed by atoms with Crippen LogP contribution in [-0.2, 0) is 75.3 Å². The number of piperidine rings is 1. The number of carboxylic acids is 1. The summed E-state index contributed by atoms with van der Waals surface area (Å²) in [6.45, 7) is 18.1. The maximum atomic E-state index is 14.6. The summed E-state index contributed by atoms with van der Waals surface area (Å²) in [4.78, 5) is 159. The van der Waals surface area contributed by atoms with Gasteiger partial charge in [-0.05, 0) is 112 Å². The molecule has 2 aliphatic rings. The maximum Gasteiger partial charge on any atom is 0.312 e. The van der Waals surface area contributed by atoms with E-state index in [0.29, 0.717) is 69.4 Å². The van der Waals surface area contributed by atoms with Crippen LogP contribution in [0.25, 0.3) is 0 Å². The quantitative estimate of drug-likeness (QED) is 0.0249. The summed E-state index contributed by atoms with van der Waals surface area (Å²) in [6, 6.07) is 10.1. The van der Waals surface area contributed by atoms with E-state index in [1.807, 2.05) is 90.9 Å². The summed E-state index contributed by atoms with van der Waals surface area (Å²) in [5, 5.41) is 26.2. The van der Waals surface area contributed by atoms with Crippen LogP contribution in [0.3, 0.4) is 0 Å². The van der Waals surface area contributed by atoms with Crippen LogP contribution in [0.1, 0.15) is 144 Å². The normalized spacial score (nSPS) is 17.4. The molecule has 11 amide bonds. The van der Waals surface area contributed by atoms with Gasteiger partial charge in [-0.25, -0.2) is 10.3 Å². The number of urea groups is 1. The first-order valence-electron chi connectivity index (χ1n) is 34.5. The Labute approximate surface area is 578 Å². The number of nitrogens with zero attached hydrogens (tertiary/aromatic N) is 4. The molecule has 11 atom stereocenters. The van der Waals surface area contributed by atoms with Crippen LogP contribution in [0.15, 0.2) is 66.7 Å². The molecule has 0 unspecified atom stereocenters. The van der Waals surface area contributed by atoms with E-state index in [1.54, 1.807) is 72.9 Å². The Morgan fingerprint density at radius 3 is 1.93 bits per heavy atom. The molecule has 2 aliphatic heterocycles. The Kier molecular flexibility index (Phi) is 34.8. The summed E-state index contributed by atoms with van der Waals surface area (Å²) >= 11 is 0. The molecule has 27 nitrogen and oxygen atoms in total. The number of hydroxylamine groups is 1. The van der Waals surface area contributed by atoms with Crippen LogP contribution in [-0.4, -0.2) is 206 Å². The Hall–Kier alpha value is -8.01. The topological polar surface area (TPSA) is 359 Å². The molecule has 98 heavy (non-hydrogen) atoms. The van der Waals surface area contributed by atoms with Crippen molar-refractivity contribution in [2.45, 2.75) is 200 Å². The minimum absolute atomic E-state index is 0.00330. The van der Waals surface area contributed by atoms with Crippen LogP contribution in [0.4, 0.5) is 10.5 Å². The summed E-state index contributed by atoms with van der Waals surface area (Å²) in [5.74, 6) is -6.41. The lowest BCUT2D eigenvalue weighted by Crippen LogP contribution is -2.59. The number of hydrogen-bond acceptors (Lipinski definition) is 15. The van der Waals surface area contributed by atoms with Gasteiger partial charge in [-0.2, -0.15) is 0 Å². The molecule has 2 saturated heterocycles. The van der Waals surface area contributed by atoms with E-state index in [2.05, 4.69) is 37.4 Å². The van der Waals surface area contributed by atoms with Crippen molar-refractivity contribution in [3.05, 3.63) is 77.9 Å². The molecule has 27 heteroatoms. The van der Waals surface area contributed by atoms with E-state index in [1.165, 1.54) is 20.3 Å². The van der Waals surface area contributed by atoms with Crippen molar-refractivity contribution >= 4 is 70.9 Å².